The number of anilines is 2. The van der Waals surface area contributed by atoms with Crippen molar-refractivity contribution in [2.75, 3.05) is 31.4 Å². The SMILES string of the molecule is COc1ccc(OC)c(NC(=O)CNc2cccc(Cl)c2C)c1. The van der Waals surface area contributed by atoms with Gasteiger partial charge in [0.1, 0.15) is 11.5 Å². The molecule has 0 saturated carbocycles. The molecule has 0 fully saturated rings. The molecule has 0 heterocycles. The first-order valence-electron chi connectivity index (χ1n) is 7.06. The van der Waals surface area contributed by atoms with Crippen LogP contribution in [0.5, 0.6) is 11.5 Å². The Balaban J connectivity index is 2.03. The Labute approximate surface area is 140 Å². The summed E-state index contributed by atoms with van der Waals surface area (Å²) in [5.41, 5.74) is 2.28. The summed E-state index contributed by atoms with van der Waals surface area (Å²) in [4.78, 5) is 12.1. The lowest BCUT2D eigenvalue weighted by molar-refractivity contribution is -0.114. The molecule has 1 amide bonds. The number of hydrogen-bond donors (Lipinski definition) is 2. The summed E-state index contributed by atoms with van der Waals surface area (Å²) in [7, 11) is 3.11. The van der Waals surface area contributed by atoms with Crippen LogP contribution in [0.1, 0.15) is 5.56 Å². The number of amides is 1. The lowest BCUT2D eigenvalue weighted by Gasteiger charge is -2.13. The second-order valence-electron chi connectivity index (χ2n) is 4.88. The largest absolute Gasteiger partial charge is 0.497 e. The number of halogens is 1. The second kappa shape index (κ2) is 7.74. The number of methoxy groups -OCH3 is 2. The van der Waals surface area contributed by atoms with Gasteiger partial charge in [0.05, 0.1) is 26.5 Å². The van der Waals surface area contributed by atoms with Crippen LogP contribution >= 0.6 is 11.6 Å². The fraction of sp³-hybridized carbons (Fsp3) is 0.235. The van der Waals surface area contributed by atoms with Crippen LogP contribution in [0.2, 0.25) is 5.02 Å². The zero-order valence-electron chi connectivity index (χ0n) is 13.3. The van der Waals surface area contributed by atoms with E-state index >= 15 is 0 Å². The fourth-order valence-corrected chi connectivity index (χ4v) is 2.26. The standard InChI is InChI=1S/C17H19ClN2O3/c1-11-13(18)5-4-6-14(11)19-10-17(21)20-15-9-12(22-2)7-8-16(15)23-3/h4-9,19H,10H2,1-3H3,(H,20,21). The predicted molar refractivity (Wildman–Crippen MR) is 92.9 cm³/mol. The highest BCUT2D eigenvalue weighted by atomic mass is 35.5. The molecule has 0 atom stereocenters. The van der Waals surface area contributed by atoms with Crippen molar-refractivity contribution in [1.29, 1.82) is 0 Å². The number of rotatable bonds is 6. The Kier molecular flexibility index (Phi) is 5.71. The van der Waals surface area contributed by atoms with Crippen LogP contribution < -0.4 is 20.1 Å². The van der Waals surface area contributed by atoms with Crippen LogP contribution in [0, 0.1) is 6.92 Å². The fourth-order valence-electron chi connectivity index (χ4n) is 2.08. The molecular weight excluding hydrogens is 316 g/mol. The average Bonchev–Trinajstić information content (AvgIpc) is 2.56. The minimum atomic E-state index is -0.198. The van der Waals surface area contributed by atoms with Gasteiger partial charge in [-0.1, -0.05) is 17.7 Å². The summed E-state index contributed by atoms with van der Waals surface area (Å²) in [6.07, 6.45) is 0. The van der Waals surface area contributed by atoms with E-state index in [1.54, 1.807) is 32.4 Å². The van der Waals surface area contributed by atoms with Gasteiger partial charge in [0, 0.05) is 16.8 Å². The molecule has 6 heteroatoms. The Hall–Kier alpha value is -2.40. The Morgan fingerprint density at radius 3 is 2.61 bits per heavy atom. The smallest absolute Gasteiger partial charge is 0.243 e. The van der Waals surface area contributed by atoms with Gasteiger partial charge in [0.2, 0.25) is 5.91 Å². The first-order valence-corrected chi connectivity index (χ1v) is 7.43. The van der Waals surface area contributed by atoms with Gasteiger partial charge in [-0.2, -0.15) is 0 Å². The van der Waals surface area contributed by atoms with Gasteiger partial charge in [-0.05, 0) is 36.8 Å². The molecule has 0 saturated heterocycles. The molecule has 0 aliphatic heterocycles. The molecule has 0 unspecified atom stereocenters. The van der Waals surface area contributed by atoms with E-state index in [0.717, 1.165) is 11.3 Å². The number of carbonyl (C=O) groups is 1. The molecule has 2 rings (SSSR count). The predicted octanol–water partition coefficient (Wildman–Crippen LogP) is 3.72. The number of benzene rings is 2. The third-order valence-electron chi connectivity index (χ3n) is 3.39. The van der Waals surface area contributed by atoms with E-state index < -0.39 is 0 Å². The maximum Gasteiger partial charge on any atom is 0.243 e. The number of carbonyl (C=O) groups excluding carboxylic acids is 1. The van der Waals surface area contributed by atoms with Crippen molar-refractivity contribution in [1.82, 2.24) is 0 Å². The topological polar surface area (TPSA) is 59.6 Å². The average molecular weight is 335 g/mol. The van der Waals surface area contributed by atoms with Gasteiger partial charge in [0.15, 0.2) is 0 Å². The van der Waals surface area contributed by atoms with Crippen molar-refractivity contribution in [3.8, 4) is 11.5 Å². The third kappa shape index (κ3) is 4.29. The van der Waals surface area contributed by atoms with E-state index in [1.165, 1.54) is 0 Å². The zero-order chi connectivity index (χ0) is 16.8. The molecule has 0 aliphatic carbocycles. The molecule has 0 spiro atoms. The molecule has 0 aromatic heterocycles. The van der Waals surface area contributed by atoms with E-state index in [1.807, 2.05) is 25.1 Å². The second-order valence-corrected chi connectivity index (χ2v) is 5.29. The highest BCUT2D eigenvalue weighted by Crippen LogP contribution is 2.29. The lowest BCUT2D eigenvalue weighted by atomic mass is 10.2. The van der Waals surface area contributed by atoms with Crippen LogP contribution in [-0.2, 0) is 4.79 Å². The molecular formula is C17H19ClN2O3. The normalized spacial score (nSPS) is 10.1. The molecule has 2 N–H and O–H groups in total. The molecule has 122 valence electrons. The van der Waals surface area contributed by atoms with E-state index in [9.17, 15) is 4.79 Å². The summed E-state index contributed by atoms with van der Waals surface area (Å²) in [6, 6.07) is 10.7. The van der Waals surface area contributed by atoms with Gasteiger partial charge in [-0.15, -0.1) is 0 Å². The number of nitrogens with one attached hydrogen (secondary N) is 2. The summed E-state index contributed by atoms with van der Waals surface area (Å²) >= 11 is 6.06. The minimum Gasteiger partial charge on any atom is -0.497 e. The van der Waals surface area contributed by atoms with Crippen LogP contribution in [0.25, 0.3) is 0 Å². The van der Waals surface area contributed by atoms with E-state index in [2.05, 4.69) is 10.6 Å². The van der Waals surface area contributed by atoms with Crippen molar-refractivity contribution < 1.29 is 14.3 Å². The number of ether oxygens (including phenoxy) is 2. The van der Waals surface area contributed by atoms with Crippen molar-refractivity contribution in [2.45, 2.75) is 6.92 Å². The van der Waals surface area contributed by atoms with E-state index in [4.69, 9.17) is 21.1 Å². The summed E-state index contributed by atoms with van der Waals surface area (Å²) in [5.74, 6) is 1.01. The third-order valence-corrected chi connectivity index (χ3v) is 3.80. The van der Waals surface area contributed by atoms with E-state index in [0.29, 0.717) is 22.2 Å². The van der Waals surface area contributed by atoms with Crippen LogP contribution in [0.4, 0.5) is 11.4 Å². The maximum atomic E-state index is 12.1. The zero-order valence-corrected chi connectivity index (χ0v) is 14.0. The van der Waals surface area contributed by atoms with Gasteiger partial charge in [-0.25, -0.2) is 0 Å². The van der Waals surface area contributed by atoms with E-state index in [-0.39, 0.29) is 12.5 Å². The quantitative estimate of drug-likeness (QED) is 0.845. The number of hydrogen-bond acceptors (Lipinski definition) is 4. The van der Waals surface area contributed by atoms with Crippen molar-refractivity contribution >= 4 is 28.9 Å². The van der Waals surface area contributed by atoms with Gasteiger partial charge in [-0.3, -0.25) is 4.79 Å². The van der Waals surface area contributed by atoms with Crippen LogP contribution in [0.15, 0.2) is 36.4 Å². The Morgan fingerprint density at radius 2 is 1.91 bits per heavy atom. The molecule has 5 nitrogen and oxygen atoms in total. The highest BCUT2D eigenvalue weighted by Gasteiger charge is 2.10. The molecule has 23 heavy (non-hydrogen) atoms. The minimum absolute atomic E-state index is 0.113. The van der Waals surface area contributed by atoms with Crippen molar-refractivity contribution in [3.63, 3.8) is 0 Å². The molecule has 0 aliphatic rings. The summed E-state index contributed by atoms with van der Waals surface area (Å²) in [6.45, 7) is 2.01. The van der Waals surface area contributed by atoms with Gasteiger partial charge in [0.25, 0.3) is 0 Å². The Morgan fingerprint density at radius 1 is 1.13 bits per heavy atom. The van der Waals surface area contributed by atoms with Gasteiger partial charge < -0.3 is 20.1 Å². The monoisotopic (exact) mass is 334 g/mol. The molecule has 2 aromatic rings. The van der Waals surface area contributed by atoms with Crippen molar-refractivity contribution in [2.24, 2.45) is 0 Å². The summed E-state index contributed by atoms with van der Waals surface area (Å²) in [5, 5.41) is 6.53. The molecule has 0 bridgehead atoms. The first-order chi connectivity index (χ1) is 11.0. The lowest BCUT2D eigenvalue weighted by Crippen LogP contribution is -2.22. The van der Waals surface area contributed by atoms with Gasteiger partial charge >= 0.3 is 0 Å². The molecule has 0 radical (unpaired) electrons. The van der Waals surface area contributed by atoms with Crippen molar-refractivity contribution in [3.05, 3.63) is 47.0 Å². The highest BCUT2D eigenvalue weighted by molar-refractivity contribution is 6.31. The molecule has 2 aromatic carbocycles. The maximum absolute atomic E-state index is 12.1. The summed E-state index contributed by atoms with van der Waals surface area (Å²) < 4.78 is 10.4. The Bertz CT molecular complexity index is 704. The van der Waals surface area contributed by atoms with Crippen LogP contribution in [0.3, 0.4) is 0 Å². The first kappa shape index (κ1) is 17.0. The van der Waals surface area contributed by atoms with Crippen LogP contribution in [-0.4, -0.2) is 26.7 Å².